The number of carboxylic acid groups (broad SMARTS) is 3. The smallest absolute Gasteiger partial charge is 0.300 e. The number of hydrogen-bond donors (Lipinski definition) is 3. The maximum Gasteiger partial charge on any atom is 0.300 e. The van der Waals surface area contributed by atoms with Gasteiger partial charge in [0.1, 0.15) is 0 Å². The third-order valence-electron chi connectivity index (χ3n) is 0. The topological polar surface area (TPSA) is 140 Å². The molecule has 0 rings (SSSR count). The largest absolute Gasteiger partial charge is 0.481 e. The maximum atomic E-state index is 9.00. The van der Waals surface area contributed by atoms with Crippen LogP contribution in [0.1, 0.15) is 20.8 Å². The van der Waals surface area contributed by atoms with Crippen molar-refractivity contribution in [2.75, 3.05) is 0 Å². The monoisotopic (exact) mass is 248 g/mol. The molecule has 7 nitrogen and oxygen atoms in total. The first kappa shape index (κ1) is 29.3. The minimum absolute atomic E-state index is 0. The zero-order valence-electron chi connectivity index (χ0n) is 7.88. The van der Waals surface area contributed by atoms with E-state index in [-0.39, 0.29) is 22.8 Å². The number of rotatable bonds is 0. The predicted molar refractivity (Wildman–Crippen MR) is 40.6 cm³/mol. The van der Waals surface area contributed by atoms with Crippen LogP contribution in [-0.4, -0.2) is 33.2 Å². The van der Waals surface area contributed by atoms with Gasteiger partial charge in [-0.2, -0.15) is 0 Å². The fourth-order valence-electron chi connectivity index (χ4n) is 0. The Labute approximate surface area is 91.8 Å². The molecule has 0 atom stereocenters. The van der Waals surface area contributed by atoms with Gasteiger partial charge in [-0.1, -0.05) is 0 Å². The number of aliphatic carboxylic acids is 3. The van der Waals surface area contributed by atoms with Gasteiger partial charge in [0, 0.05) is 43.6 Å². The second kappa shape index (κ2) is 22.7. The van der Waals surface area contributed by atoms with E-state index in [9.17, 15) is 0 Å². The molecule has 0 unspecified atom stereocenters. The quantitative estimate of drug-likeness (QED) is 0.557. The Bertz CT molecular complexity index is 116. The molecule has 2 radical (unpaired) electrons. The van der Waals surface area contributed by atoms with Gasteiger partial charge in [0.15, 0.2) is 0 Å². The normalized spacial score (nSPS) is 5.36. The van der Waals surface area contributed by atoms with Gasteiger partial charge in [0.25, 0.3) is 17.9 Å². The van der Waals surface area contributed by atoms with E-state index in [4.69, 9.17) is 29.7 Å². The van der Waals surface area contributed by atoms with Gasteiger partial charge in [-0.15, -0.1) is 0 Å². The SMILES string of the molecule is CC(=O)O.CC(=O)O.CC(=O)O.[Cr].[O]. The Kier molecular flexibility index (Phi) is 47.4. The fraction of sp³-hybridized carbons (Fsp3) is 0.500. The van der Waals surface area contributed by atoms with Crippen LogP contribution in [0.3, 0.4) is 0 Å². The third-order valence-corrected chi connectivity index (χ3v) is 0. The van der Waals surface area contributed by atoms with Gasteiger partial charge in [-0.3, -0.25) is 14.4 Å². The molecule has 0 bridgehead atoms. The minimum atomic E-state index is -0.833. The summed E-state index contributed by atoms with van der Waals surface area (Å²) in [4.78, 5) is 27.0. The summed E-state index contributed by atoms with van der Waals surface area (Å²) in [6.07, 6.45) is 0. The van der Waals surface area contributed by atoms with Crippen LogP contribution in [-0.2, 0) is 37.2 Å². The standard InChI is InChI=1S/3C2H4O2.Cr.O/c3*1-2(3)4;;/h3*1H3,(H,3,4);;. The van der Waals surface area contributed by atoms with Crippen LogP contribution in [0.25, 0.3) is 0 Å². The summed E-state index contributed by atoms with van der Waals surface area (Å²) in [5, 5.41) is 22.2. The molecule has 0 aliphatic heterocycles. The Balaban J connectivity index is -0.0000000270. The molecular weight excluding hydrogens is 236 g/mol. The molecule has 0 aliphatic rings. The first-order valence-electron chi connectivity index (χ1n) is 2.78. The second-order valence-corrected chi connectivity index (χ2v) is 1.56. The van der Waals surface area contributed by atoms with Crippen molar-refractivity contribution in [1.29, 1.82) is 0 Å². The molecule has 0 saturated carbocycles. The van der Waals surface area contributed by atoms with E-state index in [0.29, 0.717) is 0 Å². The average Bonchev–Trinajstić information content (AvgIpc) is 1.54. The molecule has 14 heavy (non-hydrogen) atoms. The molecule has 0 aromatic rings. The molecule has 0 amide bonds. The molecule has 0 spiro atoms. The second-order valence-electron chi connectivity index (χ2n) is 1.56. The molecule has 8 heteroatoms. The zero-order valence-corrected chi connectivity index (χ0v) is 9.16. The summed E-state index contributed by atoms with van der Waals surface area (Å²) in [7, 11) is 0. The number of carbonyl (C=O) groups is 3. The summed E-state index contributed by atoms with van der Waals surface area (Å²) in [5.41, 5.74) is 0. The first-order valence-corrected chi connectivity index (χ1v) is 2.78. The van der Waals surface area contributed by atoms with E-state index in [0.717, 1.165) is 20.8 Å². The van der Waals surface area contributed by atoms with E-state index >= 15 is 0 Å². The number of carboxylic acids is 3. The van der Waals surface area contributed by atoms with Crippen molar-refractivity contribution in [3.63, 3.8) is 0 Å². The van der Waals surface area contributed by atoms with Crippen LogP contribution in [0.5, 0.6) is 0 Å². The van der Waals surface area contributed by atoms with Crippen LogP contribution in [0.2, 0.25) is 0 Å². The first-order chi connectivity index (χ1) is 5.20. The molecule has 0 aliphatic carbocycles. The van der Waals surface area contributed by atoms with E-state index < -0.39 is 17.9 Å². The minimum Gasteiger partial charge on any atom is -0.481 e. The summed E-state index contributed by atoms with van der Waals surface area (Å²) in [5.74, 6) is -2.50. The molecule has 3 N–H and O–H groups in total. The van der Waals surface area contributed by atoms with Crippen LogP contribution in [0.4, 0.5) is 0 Å². The summed E-state index contributed by atoms with van der Waals surface area (Å²) < 4.78 is 0. The molecule has 0 saturated heterocycles. The third kappa shape index (κ3) is 888. The molecule has 0 aromatic heterocycles. The summed E-state index contributed by atoms with van der Waals surface area (Å²) in [6, 6.07) is 0. The van der Waals surface area contributed by atoms with Gasteiger partial charge in [-0.25, -0.2) is 0 Å². The van der Waals surface area contributed by atoms with Crippen molar-refractivity contribution in [3.05, 3.63) is 0 Å². The Hall–Kier alpha value is -1.10. The fourth-order valence-corrected chi connectivity index (χ4v) is 0. The molecular formula is C6H12CrO7. The molecule has 0 fully saturated rings. The van der Waals surface area contributed by atoms with Crippen molar-refractivity contribution < 1.29 is 52.5 Å². The molecule has 84 valence electrons. The van der Waals surface area contributed by atoms with Gasteiger partial charge in [0.05, 0.1) is 0 Å². The van der Waals surface area contributed by atoms with E-state index in [1.807, 2.05) is 0 Å². The molecule has 0 heterocycles. The van der Waals surface area contributed by atoms with Crippen LogP contribution in [0.15, 0.2) is 0 Å². The van der Waals surface area contributed by atoms with E-state index in [2.05, 4.69) is 0 Å². The van der Waals surface area contributed by atoms with Crippen molar-refractivity contribution in [1.82, 2.24) is 0 Å². The summed E-state index contributed by atoms with van der Waals surface area (Å²) >= 11 is 0. The van der Waals surface area contributed by atoms with Crippen molar-refractivity contribution in [2.45, 2.75) is 20.8 Å². The maximum absolute atomic E-state index is 9.00. The van der Waals surface area contributed by atoms with Crippen molar-refractivity contribution in [2.24, 2.45) is 0 Å². The average molecular weight is 248 g/mol. The van der Waals surface area contributed by atoms with Crippen LogP contribution >= 0.6 is 0 Å². The Morgan fingerprint density at radius 2 is 0.714 bits per heavy atom. The number of hydrogen-bond acceptors (Lipinski definition) is 3. The summed E-state index contributed by atoms with van der Waals surface area (Å²) in [6.45, 7) is 3.25. The molecule has 0 aromatic carbocycles. The van der Waals surface area contributed by atoms with E-state index in [1.165, 1.54) is 0 Å². The van der Waals surface area contributed by atoms with Crippen molar-refractivity contribution in [3.8, 4) is 0 Å². The van der Waals surface area contributed by atoms with Crippen LogP contribution in [0, 0.1) is 0 Å². The van der Waals surface area contributed by atoms with Crippen LogP contribution < -0.4 is 0 Å². The van der Waals surface area contributed by atoms with Gasteiger partial charge in [0.2, 0.25) is 0 Å². The van der Waals surface area contributed by atoms with Gasteiger partial charge in [-0.05, 0) is 0 Å². The van der Waals surface area contributed by atoms with E-state index in [1.54, 1.807) is 0 Å². The predicted octanol–water partition coefficient (Wildman–Crippen LogP) is 0.151. The Morgan fingerprint density at radius 1 is 0.714 bits per heavy atom. The Morgan fingerprint density at radius 3 is 0.714 bits per heavy atom. The van der Waals surface area contributed by atoms with Gasteiger partial charge < -0.3 is 15.3 Å². The van der Waals surface area contributed by atoms with Gasteiger partial charge >= 0.3 is 0 Å². The van der Waals surface area contributed by atoms with Crippen molar-refractivity contribution >= 4 is 17.9 Å². The zero-order chi connectivity index (χ0) is 10.7.